The standard InChI is InChI=1S/C18H23N3O3/c1-22-16-6-4-14(5-7-16)18-19-17(24-20-18)11-21-8-9-23-12-15(21)10-13-2-3-13/h4-7,13,15H,2-3,8-12H2,1H3. The molecule has 0 amide bonds. The molecule has 1 aliphatic heterocycles. The molecule has 1 saturated carbocycles. The van der Waals surface area contributed by atoms with Crippen molar-refractivity contribution < 1.29 is 14.0 Å². The largest absolute Gasteiger partial charge is 0.497 e. The highest BCUT2D eigenvalue weighted by atomic mass is 16.5. The highest BCUT2D eigenvalue weighted by Gasteiger charge is 2.31. The zero-order valence-corrected chi connectivity index (χ0v) is 14.0. The first-order valence-corrected chi connectivity index (χ1v) is 8.60. The topological polar surface area (TPSA) is 60.6 Å². The van der Waals surface area contributed by atoms with Gasteiger partial charge in [0.1, 0.15) is 5.75 Å². The third-order valence-corrected chi connectivity index (χ3v) is 4.81. The lowest BCUT2D eigenvalue weighted by atomic mass is 10.1. The maximum absolute atomic E-state index is 5.65. The molecule has 0 spiro atoms. The predicted molar refractivity (Wildman–Crippen MR) is 88.6 cm³/mol. The summed E-state index contributed by atoms with van der Waals surface area (Å²) in [5, 5.41) is 4.12. The number of hydrogen-bond acceptors (Lipinski definition) is 6. The Balaban J connectivity index is 1.43. The third kappa shape index (κ3) is 3.60. The summed E-state index contributed by atoms with van der Waals surface area (Å²) in [6.07, 6.45) is 3.96. The van der Waals surface area contributed by atoms with Crippen LogP contribution in [0.4, 0.5) is 0 Å². The molecule has 1 aromatic carbocycles. The van der Waals surface area contributed by atoms with Crippen molar-refractivity contribution >= 4 is 0 Å². The molecule has 2 aliphatic rings. The van der Waals surface area contributed by atoms with E-state index < -0.39 is 0 Å². The van der Waals surface area contributed by atoms with E-state index in [1.807, 2.05) is 24.3 Å². The number of rotatable bonds is 6. The van der Waals surface area contributed by atoms with Crippen molar-refractivity contribution in [3.05, 3.63) is 30.2 Å². The van der Waals surface area contributed by atoms with Crippen LogP contribution in [0.5, 0.6) is 5.75 Å². The average molecular weight is 329 g/mol. The van der Waals surface area contributed by atoms with Crippen LogP contribution in [0.1, 0.15) is 25.2 Å². The van der Waals surface area contributed by atoms with E-state index in [0.717, 1.165) is 37.0 Å². The number of aromatic nitrogens is 2. The lowest BCUT2D eigenvalue weighted by Gasteiger charge is -2.34. The first-order valence-electron chi connectivity index (χ1n) is 8.60. The molecule has 2 heterocycles. The van der Waals surface area contributed by atoms with Crippen LogP contribution in [0.25, 0.3) is 11.4 Å². The summed E-state index contributed by atoms with van der Waals surface area (Å²) in [5.41, 5.74) is 0.933. The smallest absolute Gasteiger partial charge is 0.241 e. The van der Waals surface area contributed by atoms with Crippen molar-refractivity contribution in [1.82, 2.24) is 15.0 Å². The lowest BCUT2D eigenvalue weighted by molar-refractivity contribution is -0.0204. The Morgan fingerprint density at radius 2 is 2.08 bits per heavy atom. The monoisotopic (exact) mass is 329 g/mol. The second-order valence-corrected chi connectivity index (χ2v) is 6.62. The highest BCUT2D eigenvalue weighted by molar-refractivity contribution is 5.55. The van der Waals surface area contributed by atoms with Gasteiger partial charge in [-0.25, -0.2) is 0 Å². The molecule has 0 bridgehead atoms. The maximum Gasteiger partial charge on any atom is 0.241 e. The Hall–Kier alpha value is -1.92. The van der Waals surface area contributed by atoms with Crippen LogP contribution >= 0.6 is 0 Å². The fourth-order valence-corrected chi connectivity index (χ4v) is 3.20. The van der Waals surface area contributed by atoms with Crippen LogP contribution in [-0.2, 0) is 11.3 Å². The van der Waals surface area contributed by atoms with Gasteiger partial charge in [0.2, 0.25) is 11.7 Å². The van der Waals surface area contributed by atoms with E-state index in [1.165, 1.54) is 19.3 Å². The summed E-state index contributed by atoms with van der Waals surface area (Å²) in [7, 11) is 1.65. The van der Waals surface area contributed by atoms with Crippen molar-refractivity contribution in [2.45, 2.75) is 31.8 Å². The van der Waals surface area contributed by atoms with Gasteiger partial charge < -0.3 is 14.0 Å². The predicted octanol–water partition coefficient (Wildman–Crippen LogP) is 2.75. The first kappa shape index (κ1) is 15.6. The van der Waals surface area contributed by atoms with Crippen molar-refractivity contribution in [2.24, 2.45) is 5.92 Å². The van der Waals surface area contributed by atoms with E-state index in [0.29, 0.717) is 24.3 Å². The zero-order valence-electron chi connectivity index (χ0n) is 14.0. The number of ether oxygens (including phenoxy) is 2. The van der Waals surface area contributed by atoms with Gasteiger partial charge in [-0.2, -0.15) is 4.98 Å². The van der Waals surface area contributed by atoms with Crippen molar-refractivity contribution in [1.29, 1.82) is 0 Å². The van der Waals surface area contributed by atoms with Crippen LogP contribution < -0.4 is 4.74 Å². The number of methoxy groups -OCH3 is 1. The number of hydrogen-bond donors (Lipinski definition) is 0. The number of morpholine rings is 1. The molecule has 0 N–H and O–H groups in total. The molecule has 1 unspecified atom stereocenters. The van der Waals surface area contributed by atoms with Crippen molar-refractivity contribution in [2.75, 3.05) is 26.9 Å². The van der Waals surface area contributed by atoms with Gasteiger partial charge in [-0.05, 0) is 36.6 Å². The Kier molecular flexibility index (Phi) is 4.49. The van der Waals surface area contributed by atoms with Crippen LogP contribution in [0.15, 0.2) is 28.8 Å². The Morgan fingerprint density at radius 3 is 2.83 bits per heavy atom. The van der Waals surface area contributed by atoms with Gasteiger partial charge in [-0.15, -0.1) is 0 Å². The molecular weight excluding hydrogens is 306 g/mol. The molecule has 1 atom stereocenters. The van der Waals surface area contributed by atoms with Gasteiger partial charge in [-0.3, -0.25) is 4.90 Å². The average Bonchev–Trinajstić information content (AvgIpc) is 3.32. The van der Waals surface area contributed by atoms with Crippen LogP contribution in [0.3, 0.4) is 0 Å². The summed E-state index contributed by atoms with van der Waals surface area (Å²) in [6, 6.07) is 8.16. The third-order valence-electron chi connectivity index (χ3n) is 4.81. The highest BCUT2D eigenvalue weighted by Crippen LogP contribution is 2.35. The van der Waals surface area contributed by atoms with E-state index in [9.17, 15) is 0 Å². The van der Waals surface area contributed by atoms with E-state index in [2.05, 4.69) is 15.0 Å². The minimum Gasteiger partial charge on any atom is -0.497 e. The normalized spacial score (nSPS) is 21.8. The Bertz CT molecular complexity index is 666. The number of benzene rings is 1. The zero-order chi connectivity index (χ0) is 16.4. The number of nitrogens with zero attached hydrogens (tertiary/aromatic N) is 3. The first-order chi connectivity index (χ1) is 11.8. The summed E-state index contributed by atoms with van der Waals surface area (Å²) in [4.78, 5) is 6.98. The molecule has 6 heteroatoms. The maximum atomic E-state index is 5.65. The second kappa shape index (κ2) is 6.91. The molecule has 2 aromatic rings. The van der Waals surface area contributed by atoms with E-state index >= 15 is 0 Å². The van der Waals surface area contributed by atoms with E-state index in [1.54, 1.807) is 7.11 Å². The Morgan fingerprint density at radius 1 is 1.25 bits per heavy atom. The van der Waals surface area contributed by atoms with E-state index in [-0.39, 0.29) is 0 Å². The van der Waals surface area contributed by atoms with Crippen molar-refractivity contribution in [3.8, 4) is 17.1 Å². The van der Waals surface area contributed by atoms with Gasteiger partial charge in [-0.1, -0.05) is 18.0 Å². The molecular formula is C18H23N3O3. The molecule has 24 heavy (non-hydrogen) atoms. The molecule has 128 valence electrons. The molecule has 2 fully saturated rings. The quantitative estimate of drug-likeness (QED) is 0.812. The summed E-state index contributed by atoms with van der Waals surface area (Å²) >= 11 is 0. The summed E-state index contributed by atoms with van der Waals surface area (Å²) in [5.74, 6) is 3.00. The molecule has 1 saturated heterocycles. The molecule has 0 radical (unpaired) electrons. The molecule has 1 aromatic heterocycles. The van der Waals surface area contributed by atoms with Gasteiger partial charge in [0.25, 0.3) is 0 Å². The second-order valence-electron chi connectivity index (χ2n) is 6.62. The minimum absolute atomic E-state index is 0.475. The fraction of sp³-hybridized carbons (Fsp3) is 0.556. The van der Waals surface area contributed by atoms with Crippen LogP contribution in [-0.4, -0.2) is 48.0 Å². The summed E-state index contributed by atoms with van der Waals surface area (Å²) in [6.45, 7) is 3.22. The lowest BCUT2D eigenvalue weighted by Crippen LogP contribution is -2.45. The molecule has 4 rings (SSSR count). The Labute approximate surface area is 141 Å². The fourth-order valence-electron chi connectivity index (χ4n) is 3.20. The van der Waals surface area contributed by atoms with Gasteiger partial charge in [0.05, 0.1) is 26.9 Å². The van der Waals surface area contributed by atoms with Gasteiger partial charge >= 0.3 is 0 Å². The van der Waals surface area contributed by atoms with E-state index in [4.69, 9.17) is 14.0 Å². The van der Waals surface area contributed by atoms with Crippen LogP contribution in [0.2, 0.25) is 0 Å². The molecule has 6 nitrogen and oxygen atoms in total. The van der Waals surface area contributed by atoms with Gasteiger partial charge in [0.15, 0.2) is 0 Å². The minimum atomic E-state index is 0.475. The SMILES string of the molecule is COc1ccc(-c2noc(CN3CCOCC3CC3CC3)n2)cc1. The summed E-state index contributed by atoms with van der Waals surface area (Å²) < 4.78 is 16.3. The van der Waals surface area contributed by atoms with Gasteiger partial charge in [0, 0.05) is 18.2 Å². The molecule has 1 aliphatic carbocycles. The van der Waals surface area contributed by atoms with Crippen molar-refractivity contribution in [3.63, 3.8) is 0 Å². The van der Waals surface area contributed by atoms with Crippen LogP contribution in [0, 0.1) is 5.92 Å².